The maximum Gasteiger partial charge on any atom is 0.275 e. The first kappa shape index (κ1) is 12.0. The third-order valence-corrected chi connectivity index (χ3v) is 2.83. The Hall–Kier alpha value is -3.02. The van der Waals surface area contributed by atoms with Crippen molar-refractivity contribution in [2.75, 3.05) is 11.1 Å². The van der Waals surface area contributed by atoms with Gasteiger partial charge in [-0.3, -0.25) is 9.78 Å². The van der Waals surface area contributed by atoms with Crippen molar-refractivity contribution >= 4 is 28.2 Å². The first-order valence-electron chi connectivity index (χ1n) is 5.95. The van der Waals surface area contributed by atoms with Crippen molar-refractivity contribution in [1.82, 2.24) is 15.0 Å². The molecule has 3 rings (SSSR count). The Morgan fingerprint density at radius 3 is 2.80 bits per heavy atom. The molecule has 3 aromatic rings. The van der Waals surface area contributed by atoms with Gasteiger partial charge in [-0.25, -0.2) is 9.97 Å². The van der Waals surface area contributed by atoms with E-state index in [-0.39, 0.29) is 17.4 Å². The van der Waals surface area contributed by atoms with Crippen molar-refractivity contribution in [2.45, 2.75) is 0 Å². The van der Waals surface area contributed by atoms with Gasteiger partial charge >= 0.3 is 0 Å². The zero-order valence-corrected chi connectivity index (χ0v) is 10.4. The Balaban J connectivity index is 1.93. The zero-order chi connectivity index (χ0) is 13.9. The van der Waals surface area contributed by atoms with E-state index in [2.05, 4.69) is 20.3 Å². The third kappa shape index (κ3) is 2.26. The van der Waals surface area contributed by atoms with Gasteiger partial charge in [-0.15, -0.1) is 0 Å². The first-order valence-corrected chi connectivity index (χ1v) is 5.95. The second kappa shape index (κ2) is 4.93. The minimum Gasteiger partial charge on any atom is -0.382 e. The number of fused-ring (bicyclic) bond motifs is 1. The highest BCUT2D eigenvalue weighted by Gasteiger charge is 2.09. The van der Waals surface area contributed by atoms with Crippen LogP contribution in [0, 0.1) is 0 Å². The van der Waals surface area contributed by atoms with Crippen molar-refractivity contribution < 1.29 is 4.79 Å². The molecular formula is C14H11N5O. The summed E-state index contributed by atoms with van der Waals surface area (Å²) in [6.45, 7) is 0. The van der Waals surface area contributed by atoms with Crippen LogP contribution in [0.4, 0.5) is 11.5 Å². The summed E-state index contributed by atoms with van der Waals surface area (Å²) in [5, 5.41) is 4.68. The van der Waals surface area contributed by atoms with Gasteiger partial charge in [0.05, 0.1) is 12.4 Å². The molecule has 6 nitrogen and oxygen atoms in total. The molecule has 2 heterocycles. The maximum atomic E-state index is 12.1. The molecule has 1 aromatic carbocycles. The van der Waals surface area contributed by atoms with E-state index in [4.69, 9.17) is 5.73 Å². The number of nitrogens with one attached hydrogen (secondary N) is 1. The molecule has 1 amide bonds. The van der Waals surface area contributed by atoms with Crippen molar-refractivity contribution in [3.05, 3.63) is 54.7 Å². The van der Waals surface area contributed by atoms with Crippen LogP contribution in [-0.4, -0.2) is 20.9 Å². The van der Waals surface area contributed by atoms with E-state index in [0.717, 1.165) is 10.8 Å². The lowest BCUT2D eigenvalue weighted by atomic mass is 10.1. The summed E-state index contributed by atoms with van der Waals surface area (Å²) < 4.78 is 0. The van der Waals surface area contributed by atoms with E-state index in [1.165, 1.54) is 12.4 Å². The van der Waals surface area contributed by atoms with Crippen LogP contribution in [0.2, 0.25) is 0 Å². The Bertz CT molecular complexity index is 765. The molecule has 0 aliphatic heterocycles. The predicted molar refractivity (Wildman–Crippen MR) is 76.1 cm³/mol. The molecule has 6 heteroatoms. The number of rotatable bonds is 2. The normalized spacial score (nSPS) is 10.4. The summed E-state index contributed by atoms with van der Waals surface area (Å²) in [7, 11) is 0. The number of nitrogens with two attached hydrogens (primary N) is 1. The first-order chi connectivity index (χ1) is 9.74. The summed E-state index contributed by atoms with van der Waals surface area (Å²) in [6, 6.07) is 7.46. The highest BCUT2D eigenvalue weighted by Crippen LogP contribution is 2.22. The number of nitrogens with zero attached hydrogens (tertiary/aromatic N) is 3. The van der Waals surface area contributed by atoms with Crippen LogP contribution in [0.25, 0.3) is 10.8 Å². The standard InChI is InChI=1S/C14H11N5O/c15-13-8-17-12(7-18-13)14(20)19-11-3-1-2-9-6-16-5-4-10(9)11/h1-8H,(H2,15,18)(H,19,20). The molecule has 0 saturated heterocycles. The Morgan fingerprint density at radius 1 is 1.10 bits per heavy atom. The molecule has 98 valence electrons. The molecule has 0 unspecified atom stereocenters. The molecule has 0 bridgehead atoms. The van der Waals surface area contributed by atoms with Crippen LogP contribution < -0.4 is 11.1 Å². The number of amides is 1. The van der Waals surface area contributed by atoms with Crippen LogP contribution in [0.5, 0.6) is 0 Å². The number of aromatic nitrogens is 3. The molecule has 0 spiro atoms. The van der Waals surface area contributed by atoms with Crippen LogP contribution in [0.3, 0.4) is 0 Å². The fourth-order valence-corrected chi connectivity index (χ4v) is 1.87. The highest BCUT2D eigenvalue weighted by molar-refractivity contribution is 6.07. The summed E-state index contributed by atoms with van der Waals surface area (Å²) >= 11 is 0. The van der Waals surface area contributed by atoms with Crippen LogP contribution >= 0.6 is 0 Å². The van der Waals surface area contributed by atoms with Gasteiger partial charge in [0.2, 0.25) is 0 Å². The fourth-order valence-electron chi connectivity index (χ4n) is 1.87. The molecule has 0 aliphatic rings. The topological polar surface area (TPSA) is 93.8 Å². The number of pyridine rings is 1. The molecule has 2 aromatic heterocycles. The average Bonchev–Trinajstić information content (AvgIpc) is 2.48. The van der Waals surface area contributed by atoms with Crippen molar-refractivity contribution in [1.29, 1.82) is 0 Å². The lowest BCUT2D eigenvalue weighted by Gasteiger charge is -2.07. The quantitative estimate of drug-likeness (QED) is 0.737. The van der Waals surface area contributed by atoms with Gasteiger partial charge in [-0.1, -0.05) is 12.1 Å². The average molecular weight is 265 g/mol. The van der Waals surface area contributed by atoms with Crippen molar-refractivity contribution in [3.8, 4) is 0 Å². The molecule has 0 fully saturated rings. The molecule has 0 radical (unpaired) electrons. The van der Waals surface area contributed by atoms with Crippen LogP contribution in [0.1, 0.15) is 10.5 Å². The third-order valence-electron chi connectivity index (χ3n) is 2.83. The van der Waals surface area contributed by atoms with E-state index >= 15 is 0 Å². The van der Waals surface area contributed by atoms with E-state index in [1.54, 1.807) is 12.4 Å². The summed E-state index contributed by atoms with van der Waals surface area (Å²) in [5.41, 5.74) is 6.36. The second-order valence-electron chi connectivity index (χ2n) is 4.18. The van der Waals surface area contributed by atoms with E-state index in [1.807, 2.05) is 24.3 Å². The van der Waals surface area contributed by atoms with Gasteiger partial charge < -0.3 is 11.1 Å². The Labute approximate surface area is 114 Å². The van der Waals surface area contributed by atoms with Gasteiger partial charge in [0, 0.05) is 28.9 Å². The number of carbonyl (C=O) groups is 1. The van der Waals surface area contributed by atoms with Crippen LogP contribution in [0.15, 0.2) is 49.1 Å². The van der Waals surface area contributed by atoms with E-state index < -0.39 is 0 Å². The fraction of sp³-hybridized carbons (Fsp3) is 0. The minimum absolute atomic E-state index is 0.213. The summed E-state index contributed by atoms with van der Waals surface area (Å²) in [6.07, 6.45) is 6.12. The van der Waals surface area contributed by atoms with Crippen LogP contribution in [-0.2, 0) is 0 Å². The SMILES string of the molecule is Nc1cnc(C(=O)Nc2cccc3cnccc23)cn1. The molecule has 20 heavy (non-hydrogen) atoms. The molecule has 0 saturated carbocycles. The van der Waals surface area contributed by atoms with Gasteiger partial charge in [-0.2, -0.15) is 0 Å². The molecule has 0 aliphatic carbocycles. The number of carbonyl (C=O) groups excluding carboxylic acids is 1. The smallest absolute Gasteiger partial charge is 0.275 e. The van der Waals surface area contributed by atoms with Gasteiger partial charge in [-0.05, 0) is 12.1 Å². The van der Waals surface area contributed by atoms with Gasteiger partial charge in [0.1, 0.15) is 11.5 Å². The summed E-state index contributed by atoms with van der Waals surface area (Å²) in [5.74, 6) is -0.0559. The zero-order valence-electron chi connectivity index (χ0n) is 10.4. The van der Waals surface area contributed by atoms with Crippen molar-refractivity contribution in [2.24, 2.45) is 0 Å². The van der Waals surface area contributed by atoms with E-state index in [9.17, 15) is 4.79 Å². The number of nitrogen functional groups attached to an aromatic ring is 1. The number of benzene rings is 1. The highest BCUT2D eigenvalue weighted by atomic mass is 16.1. The van der Waals surface area contributed by atoms with Gasteiger partial charge in [0.15, 0.2) is 0 Å². The predicted octanol–water partition coefficient (Wildman–Crippen LogP) is 1.86. The minimum atomic E-state index is -0.332. The number of hydrogen-bond donors (Lipinski definition) is 2. The molecule has 0 atom stereocenters. The molecular weight excluding hydrogens is 254 g/mol. The monoisotopic (exact) mass is 265 g/mol. The van der Waals surface area contributed by atoms with Gasteiger partial charge in [0.25, 0.3) is 5.91 Å². The lowest BCUT2D eigenvalue weighted by Crippen LogP contribution is -2.14. The molecule has 3 N–H and O–H groups in total. The summed E-state index contributed by atoms with van der Waals surface area (Å²) in [4.78, 5) is 23.9. The second-order valence-corrected chi connectivity index (χ2v) is 4.18. The number of anilines is 2. The Kier molecular flexibility index (Phi) is 2.96. The maximum absolute atomic E-state index is 12.1. The lowest BCUT2D eigenvalue weighted by molar-refractivity contribution is 0.102. The van der Waals surface area contributed by atoms with E-state index in [0.29, 0.717) is 5.69 Å². The largest absolute Gasteiger partial charge is 0.382 e. The Morgan fingerprint density at radius 2 is 2.00 bits per heavy atom. The number of hydrogen-bond acceptors (Lipinski definition) is 5. The van der Waals surface area contributed by atoms with Crippen molar-refractivity contribution in [3.63, 3.8) is 0 Å².